The fourth-order valence-electron chi connectivity index (χ4n) is 3.55. The number of hydrogen-bond acceptors (Lipinski definition) is 4. The number of aromatic nitrogens is 4. The molecule has 8 bridgehead atoms. The summed E-state index contributed by atoms with van der Waals surface area (Å²) in [6, 6.07) is 22.1. The number of aromatic amines is 2. The maximum absolute atomic E-state index is 10.5. The Morgan fingerprint density at radius 2 is 0.943 bits per heavy atom. The van der Waals surface area contributed by atoms with Crippen LogP contribution in [0.25, 0.3) is 46.4 Å². The van der Waals surface area contributed by atoms with Gasteiger partial charge in [0.2, 0.25) is 0 Å². The number of nitrogens with one attached hydrogen (secondary N) is 2. The van der Waals surface area contributed by atoms with Crippen LogP contribution in [0.1, 0.15) is 22.8 Å². The Morgan fingerprint density at radius 1 is 0.600 bits per heavy atom. The molecule has 7 nitrogen and oxygen atoms in total. The summed E-state index contributed by atoms with van der Waals surface area (Å²) in [7, 11) is -4.04. The Balaban J connectivity index is 0.000000195. The van der Waals surface area contributed by atoms with E-state index in [2.05, 4.69) is 60.2 Å². The Bertz CT molecular complexity index is 1560. The van der Waals surface area contributed by atoms with Crippen LogP contribution in [0.2, 0.25) is 0 Å². The molecule has 0 spiro atoms. The van der Waals surface area contributed by atoms with Crippen LogP contribution in [0.3, 0.4) is 0 Å². The number of fused-ring (bicyclic) bond motifs is 8. The minimum absolute atomic E-state index is 0.0966. The summed E-state index contributed by atoms with van der Waals surface area (Å²) in [4.78, 5) is 15.9. The van der Waals surface area contributed by atoms with Gasteiger partial charge in [-0.2, -0.15) is 0 Å². The molecule has 9 heteroatoms. The molecule has 0 unspecified atom stereocenters. The van der Waals surface area contributed by atoms with Crippen molar-refractivity contribution in [3.05, 3.63) is 95.6 Å². The van der Waals surface area contributed by atoms with Crippen LogP contribution in [-0.2, 0) is 26.1 Å². The number of rotatable bonds is 1. The van der Waals surface area contributed by atoms with E-state index in [-0.39, 0.29) is 4.90 Å². The third-order valence-electron chi connectivity index (χ3n) is 5.15. The van der Waals surface area contributed by atoms with E-state index in [0.29, 0.717) is 0 Å². The Kier molecular flexibility index (Phi) is 6.23. The van der Waals surface area contributed by atoms with Crippen molar-refractivity contribution in [3.8, 4) is 0 Å². The molecule has 0 radical (unpaired) electrons. The van der Waals surface area contributed by atoms with Crippen LogP contribution in [0, 0.1) is 0 Å². The van der Waals surface area contributed by atoms with Gasteiger partial charge in [-0.3, -0.25) is 0 Å². The van der Waals surface area contributed by atoms with Gasteiger partial charge in [-0.15, -0.1) is 0 Å². The van der Waals surface area contributed by atoms with Gasteiger partial charge < -0.3 is 9.97 Å². The Morgan fingerprint density at radius 3 is 1.26 bits per heavy atom. The van der Waals surface area contributed by atoms with E-state index < -0.39 is 10.1 Å². The second-order valence-electron chi connectivity index (χ2n) is 7.83. The van der Waals surface area contributed by atoms with E-state index in [4.69, 9.17) is 4.55 Å². The van der Waals surface area contributed by atoms with E-state index in [1.165, 1.54) is 12.1 Å². The van der Waals surface area contributed by atoms with Crippen molar-refractivity contribution in [2.75, 3.05) is 0 Å². The van der Waals surface area contributed by atoms with Crippen molar-refractivity contribution in [2.24, 2.45) is 0 Å². The summed E-state index contributed by atoms with van der Waals surface area (Å²) in [5.41, 5.74) is 7.86. The number of H-pyrrole nitrogens is 2. The van der Waals surface area contributed by atoms with Gasteiger partial charge in [-0.25, -0.2) is 9.97 Å². The van der Waals surface area contributed by atoms with Crippen LogP contribution in [-0.4, -0.2) is 32.9 Å². The third kappa shape index (κ3) is 5.85. The molecule has 35 heavy (non-hydrogen) atoms. The molecule has 1 aromatic carbocycles. The van der Waals surface area contributed by atoms with Crippen LogP contribution in [0.5, 0.6) is 0 Å². The predicted molar refractivity (Wildman–Crippen MR) is 135 cm³/mol. The van der Waals surface area contributed by atoms with E-state index in [1.54, 1.807) is 12.1 Å². The number of benzene rings is 1. The molecule has 3 N–H and O–H groups in total. The average Bonchev–Trinajstić information content (AvgIpc) is 3.60. The average molecular weight is 522 g/mol. The van der Waals surface area contributed by atoms with Crippen molar-refractivity contribution in [1.29, 1.82) is 0 Å². The molecule has 0 saturated heterocycles. The molecule has 0 saturated carbocycles. The van der Waals surface area contributed by atoms with Crippen LogP contribution < -0.4 is 4.46 Å². The Labute approximate surface area is 209 Å². The molecule has 6 rings (SSSR count). The van der Waals surface area contributed by atoms with E-state index in [1.807, 2.05) is 48.6 Å². The van der Waals surface area contributed by atoms with E-state index in [9.17, 15) is 8.42 Å². The first-order valence-corrected chi connectivity index (χ1v) is 12.6. The first kappa shape index (κ1) is 23.0. The van der Waals surface area contributed by atoms with Crippen LogP contribution in [0.4, 0.5) is 0 Å². The molecule has 2 aliphatic heterocycles. The molecule has 0 atom stereocenters. The van der Waals surface area contributed by atoms with Gasteiger partial charge >= 0.3 is 72.7 Å². The summed E-state index contributed by atoms with van der Waals surface area (Å²) in [5.74, 6) is 0. The van der Waals surface area contributed by atoms with Crippen LogP contribution >= 0.6 is 0 Å². The van der Waals surface area contributed by atoms with Crippen molar-refractivity contribution >= 4 is 61.0 Å². The monoisotopic (exact) mass is 522 g/mol. The van der Waals surface area contributed by atoms with Gasteiger partial charge in [0.1, 0.15) is 0 Å². The standard InChI is InChI=1S/C20H14N4.C6H5O3S.Mn/c1-2-14-10-16-5-6-18(23-16)12-20-8-7-19(24-20)11-17-4-3-15(22-17)9-13(1)21-14;7-10(8,9)6-4-2-1-3-5-6;/h1-12,21,24H;2-5H,(H,7,8,9);. The van der Waals surface area contributed by atoms with Gasteiger partial charge in [0, 0.05) is 22.1 Å². The molecule has 0 amide bonds. The minimum atomic E-state index is -4.04. The van der Waals surface area contributed by atoms with Gasteiger partial charge in [0.15, 0.2) is 0 Å². The third-order valence-corrected chi connectivity index (χ3v) is 6.41. The van der Waals surface area contributed by atoms with Crippen LogP contribution in [0.15, 0.2) is 77.7 Å². The number of hydrogen-bond donors (Lipinski definition) is 3. The zero-order chi connectivity index (χ0) is 24.4. The molecule has 4 aromatic rings. The fraction of sp³-hybridized carbons (Fsp3) is 0. The molecular weight excluding hydrogens is 503 g/mol. The number of nitrogens with zero attached hydrogens (tertiary/aromatic N) is 2. The van der Waals surface area contributed by atoms with Crippen molar-refractivity contribution in [1.82, 2.24) is 19.9 Å². The fourth-order valence-corrected chi connectivity index (χ4v) is 4.23. The second kappa shape index (κ2) is 9.48. The summed E-state index contributed by atoms with van der Waals surface area (Å²) in [6.07, 6.45) is 8.09. The summed E-state index contributed by atoms with van der Waals surface area (Å²) < 4.78 is 30.3. The second-order valence-corrected chi connectivity index (χ2v) is 9.94. The van der Waals surface area contributed by atoms with Crippen molar-refractivity contribution in [3.63, 3.8) is 0 Å². The SMILES string of the molecule is C1=Cc2cc3ccc(cc4nc(cc5ccc(cc1n2)[nH]5)C=C4)[nH]3.O=S(=O)(O)c1cc[c]([Mn])cc1. The first-order valence-electron chi connectivity index (χ1n) is 10.6. The topological polar surface area (TPSA) is 112 Å². The van der Waals surface area contributed by atoms with Gasteiger partial charge in [0.25, 0.3) is 0 Å². The molecule has 0 aliphatic carbocycles. The van der Waals surface area contributed by atoms with Crippen molar-refractivity contribution < 1.29 is 29.0 Å². The van der Waals surface area contributed by atoms with Crippen molar-refractivity contribution in [2.45, 2.75) is 4.90 Å². The molecular formula is C26H19MnN4O3S. The normalized spacial score (nSPS) is 12.3. The van der Waals surface area contributed by atoms with E-state index in [0.717, 1.165) is 49.3 Å². The zero-order valence-corrected chi connectivity index (χ0v) is 20.2. The maximum atomic E-state index is 10.5. The Hall–Kier alpha value is -3.75. The molecule has 0 fully saturated rings. The quantitative estimate of drug-likeness (QED) is 0.213. The van der Waals surface area contributed by atoms with Gasteiger partial charge in [-0.1, -0.05) is 0 Å². The summed E-state index contributed by atoms with van der Waals surface area (Å²) in [6.45, 7) is 0. The van der Waals surface area contributed by atoms with Gasteiger partial charge in [0.05, 0.1) is 22.8 Å². The molecule has 3 aromatic heterocycles. The zero-order valence-electron chi connectivity index (χ0n) is 18.2. The molecule has 5 heterocycles. The molecule has 2 aliphatic rings. The van der Waals surface area contributed by atoms with Gasteiger partial charge in [-0.05, 0) is 72.8 Å². The first-order chi connectivity index (χ1) is 16.8. The van der Waals surface area contributed by atoms with E-state index >= 15 is 0 Å². The predicted octanol–water partition coefficient (Wildman–Crippen LogP) is 4.76. The summed E-state index contributed by atoms with van der Waals surface area (Å²) in [5, 5.41) is 0. The molecule has 174 valence electrons. The summed E-state index contributed by atoms with van der Waals surface area (Å²) >= 11 is 3.14.